The Bertz CT molecular complexity index is 929. The number of amides is 1. The lowest BCUT2D eigenvalue weighted by Crippen LogP contribution is -2.24. The van der Waals surface area contributed by atoms with Crippen LogP contribution in [-0.2, 0) is 14.8 Å². The van der Waals surface area contributed by atoms with Crippen LogP contribution < -0.4 is 14.8 Å². The normalized spacial score (nSPS) is 11.3. The highest BCUT2D eigenvalue weighted by atomic mass is 35.5. The molecule has 146 valence electrons. The zero-order valence-electron chi connectivity index (χ0n) is 15.5. The van der Waals surface area contributed by atoms with Gasteiger partial charge in [-0.3, -0.25) is 4.79 Å². The molecule has 0 heterocycles. The maximum Gasteiger partial charge on any atom is 0.262 e. The zero-order valence-corrected chi connectivity index (χ0v) is 17.1. The molecule has 0 aliphatic rings. The number of carbonyl (C=O) groups is 1. The predicted octanol–water partition coefficient (Wildman–Crippen LogP) is 3.66. The summed E-state index contributed by atoms with van der Waals surface area (Å²) in [4.78, 5) is 12.3. The van der Waals surface area contributed by atoms with Crippen molar-refractivity contribution >= 4 is 33.2 Å². The second kappa shape index (κ2) is 9.21. The quantitative estimate of drug-likeness (QED) is 0.695. The maximum absolute atomic E-state index is 12.2. The van der Waals surface area contributed by atoms with E-state index in [-0.39, 0.29) is 17.4 Å². The topological polar surface area (TPSA) is 84.5 Å². The van der Waals surface area contributed by atoms with Gasteiger partial charge in [-0.25, -0.2) is 13.1 Å². The molecule has 0 aromatic heterocycles. The summed E-state index contributed by atoms with van der Waals surface area (Å²) in [7, 11) is -3.54. The van der Waals surface area contributed by atoms with E-state index in [0.717, 1.165) is 5.56 Å². The third-order valence-electron chi connectivity index (χ3n) is 3.82. The highest BCUT2D eigenvalue weighted by Crippen LogP contribution is 2.22. The minimum atomic E-state index is -3.54. The summed E-state index contributed by atoms with van der Waals surface area (Å²) in [5, 5.41) is 3.36. The number of sulfonamides is 1. The average molecular weight is 411 g/mol. The summed E-state index contributed by atoms with van der Waals surface area (Å²) >= 11 is 5.90. The van der Waals surface area contributed by atoms with Crippen molar-refractivity contribution < 1.29 is 17.9 Å². The number of carbonyl (C=O) groups excluding carboxylic acids is 1. The molecule has 0 unspecified atom stereocenters. The number of ether oxygens (including phenoxy) is 1. The Morgan fingerprint density at radius 2 is 1.85 bits per heavy atom. The molecule has 1 amide bonds. The summed E-state index contributed by atoms with van der Waals surface area (Å²) in [6.07, 6.45) is 0.710. The Kier molecular flexibility index (Phi) is 7.24. The molecule has 2 N–H and O–H groups in total. The molecule has 6 nitrogen and oxygen atoms in total. The van der Waals surface area contributed by atoms with Crippen LogP contribution in [0.15, 0.2) is 41.3 Å². The van der Waals surface area contributed by atoms with Gasteiger partial charge in [-0.15, -0.1) is 0 Å². The summed E-state index contributed by atoms with van der Waals surface area (Å²) < 4.78 is 32.4. The number of hydrogen-bond acceptors (Lipinski definition) is 4. The van der Waals surface area contributed by atoms with Gasteiger partial charge in [-0.2, -0.15) is 0 Å². The molecule has 2 aromatic rings. The summed E-state index contributed by atoms with van der Waals surface area (Å²) in [6.45, 7) is 5.65. The number of aryl methyl sites for hydroxylation is 2. The molecule has 0 bridgehead atoms. The molecule has 27 heavy (non-hydrogen) atoms. The highest BCUT2D eigenvalue weighted by molar-refractivity contribution is 7.89. The van der Waals surface area contributed by atoms with Crippen LogP contribution in [0.25, 0.3) is 0 Å². The van der Waals surface area contributed by atoms with Crippen molar-refractivity contribution in [2.45, 2.75) is 32.1 Å². The first-order chi connectivity index (χ1) is 12.7. The van der Waals surface area contributed by atoms with E-state index in [1.807, 2.05) is 13.8 Å². The summed E-state index contributed by atoms with van der Waals surface area (Å²) in [5.74, 6) is 0.133. The van der Waals surface area contributed by atoms with Crippen LogP contribution in [0.5, 0.6) is 5.75 Å². The van der Waals surface area contributed by atoms with Crippen LogP contribution in [0, 0.1) is 13.8 Å². The lowest BCUT2D eigenvalue weighted by molar-refractivity contribution is -0.118. The fraction of sp³-hybridized carbons (Fsp3) is 0.316. The molecule has 0 radical (unpaired) electrons. The van der Waals surface area contributed by atoms with Gasteiger partial charge in [0.25, 0.3) is 5.91 Å². The average Bonchev–Trinajstić information content (AvgIpc) is 2.61. The molecule has 0 saturated heterocycles. The van der Waals surface area contributed by atoms with Gasteiger partial charge in [0, 0.05) is 17.3 Å². The number of nitrogens with one attached hydrogen (secondary N) is 2. The second-order valence-electron chi connectivity index (χ2n) is 6.12. The van der Waals surface area contributed by atoms with Gasteiger partial charge < -0.3 is 10.1 Å². The number of benzene rings is 2. The standard InChI is InChI=1S/C19H23ClN2O4S/c1-4-9-21-27(24,25)16-6-8-18(14(3)11-16)26-12-19(23)22-17-7-5-15(20)10-13(17)2/h5-8,10-11,21H,4,9,12H2,1-3H3,(H,22,23). The van der Waals surface area contributed by atoms with Crippen LogP contribution in [0.4, 0.5) is 5.69 Å². The van der Waals surface area contributed by atoms with E-state index in [4.69, 9.17) is 16.3 Å². The van der Waals surface area contributed by atoms with Crippen molar-refractivity contribution in [3.63, 3.8) is 0 Å². The van der Waals surface area contributed by atoms with Gasteiger partial charge in [0.1, 0.15) is 5.75 Å². The van der Waals surface area contributed by atoms with Crippen molar-refractivity contribution in [1.29, 1.82) is 0 Å². The molecule has 0 fully saturated rings. The zero-order chi connectivity index (χ0) is 20.0. The number of anilines is 1. The van der Waals surface area contributed by atoms with Gasteiger partial charge in [-0.1, -0.05) is 18.5 Å². The predicted molar refractivity (Wildman–Crippen MR) is 107 cm³/mol. The molecular weight excluding hydrogens is 388 g/mol. The van der Waals surface area contributed by atoms with Crippen molar-refractivity contribution in [1.82, 2.24) is 4.72 Å². The largest absolute Gasteiger partial charge is 0.483 e. The smallest absolute Gasteiger partial charge is 0.262 e. The van der Waals surface area contributed by atoms with Gasteiger partial charge in [0.15, 0.2) is 6.61 Å². The minimum absolute atomic E-state index is 0.169. The van der Waals surface area contributed by atoms with E-state index in [1.54, 1.807) is 31.2 Å². The van der Waals surface area contributed by atoms with E-state index < -0.39 is 10.0 Å². The van der Waals surface area contributed by atoms with Crippen molar-refractivity contribution in [2.24, 2.45) is 0 Å². The van der Waals surface area contributed by atoms with Crippen LogP contribution in [-0.4, -0.2) is 27.5 Å². The molecule has 0 aliphatic heterocycles. The van der Waals surface area contributed by atoms with E-state index in [9.17, 15) is 13.2 Å². The van der Waals surface area contributed by atoms with E-state index in [2.05, 4.69) is 10.0 Å². The van der Waals surface area contributed by atoms with Crippen LogP contribution in [0.2, 0.25) is 5.02 Å². The molecular formula is C19H23ClN2O4S. The van der Waals surface area contributed by atoms with Gasteiger partial charge >= 0.3 is 0 Å². The Hall–Kier alpha value is -2.09. The molecule has 2 aromatic carbocycles. The van der Waals surface area contributed by atoms with E-state index >= 15 is 0 Å². The van der Waals surface area contributed by atoms with Crippen LogP contribution in [0.1, 0.15) is 24.5 Å². The monoisotopic (exact) mass is 410 g/mol. The molecule has 0 aliphatic carbocycles. The first-order valence-electron chi connectivity index (χ1n) is 8.52. The van der Waals surface area contributed by atoms with Gasteiger partial charge in [0.05, 0.1) is 4.90 Å². The minimum Gasteiger partial charge on any atom is -0.483 e. The highest BCUT2D eigenvalue weighted by Gasteiger charge is 2.15. The van der Waals surface area contributed by atoms with Crippen LogP contribution in [0.3, 0.4) is 0 Å². The Morgan fingerprint density at radius 1 is 1.11 bits per heavy atom. The van der Waals surface area contributed by atoms with Crippen molar-refractivity contribution in [3.05, 3.63) is 52.5 Å². The molecule has 2 rings (SSSR count). The summed E-state index contributed by atoms with van der Waals surface area (Å²) in [5.41, 5.74) is 2.14. The van der Waals surface area contributed by atoms with Crippen molar-refractivity contribution in [3.8, 4) is 5.75 Å². The van der Waals surface area contributed by atoms with E-state index in [0.29, 0.717) is 35.0 Å². The number of halogens is 1. The number of rotatable bonds is 8. The molecule has 8 heteroatoms. The molecule has 0 atom stereocenters. The third kappa shape index (κ3) is 5.95. The van der Waals surface area contributed by atoms with Gasteiger partial charge in [0.2, 0.25) is 10.0 Å². The first-order valence-corrected chi connectivity index (χ1v) is 10.4. The molecule has 0 spiro atoms. The number of hydrogen-bond donors (Lipinski definition) is 2. The molecule has 0 saturated carbocycles. The SMILES string of the molecule is CCCNS(=O)(=O)c1ccc(OCC(=O)Nc2ccc(Cl)cc2C)c(C)c1. The van der Waals surface area contributed by atoms with Crippen molar-refractivity contribution in [2.75, 3.05) is 18.5 Å². The van der Waals surface area contributed by atoms with E-state index in [1.165, 1.54) is 12.1 Å². The lowest BCUT2D eigenvalue weighted by atomic mass is 10.2. The maximum atomic E-state index is 12.2. The summed E-state index contributed by atoms with van der Waals surface area (Å²) in [6, 6.07) is 9.71. The second-order valence-corrected chi connectivity index (χ2v) is 8.32. The lowest BCUT2D eigenvalue weighted by Gasteiger charge is -2.12. The Labute approximate surface area is 164 Å². The Morgan fingerprint density at radius 3 is 2.48 bits per heavy atom. The van der Waals surface area contributed by atoms with Crippen LogP contribution >= 0.6 is 11.6 Å². The third-order valence-corrected chi connectivity index (χ3v) is 5.51. The Balaban J connectivity index is 2.00. The van der Waals surface area contributed by atoms with Gasteiger partial charge in [-0.05, 0) is 67.8 Å². The fourth-order valence-corrected chi connectivity index (χ4v) is 3.81. The first kappa shape index (κ1) is 21.2. The fourth-order valence-electron chi connectivity index (χ4n) is 2.37.